The minimum atomic E-state index is -2.07. The Morgan fingerprint density at radius 1 is 0.913 bits per heavy atom. The number of hydrogen-bond donors (Lipinski definition) is 0. The van der Waals surface area contributed by atoms with Crippen LogP contribution in [0.4, 0.5) is 10.5 Å². The average molecular weight is 333 g/mol. The van der Waals surface area contributed by atoms with Crippen LogP contribution < -0.4 is 4.90 Å². The van der Waals surface area contributed by atoms with Crippen LogP contribution >= 0.6 is 0 Å². The van der Waals surface area contributed by atoms with E-state index in [9.17, 15) is 9.59 Å². The number of imide groups is 1. The summed E-state index contributed by atoms with van der Waals surface area (Å²) >= 11 is 0. The second-order valence-corrected chi connectivity index (χ2v) is 10.8. The number of amides is 3. The molecule has 0 saturated carbocycles. The van der Waals surface area contributed by atoms with Crippen molar-refractivity contribution in [2.24, 2.45) is 0 Å². The Kier molecular flexibility index (Phi) is 5.99. The molecule has 0 atom stereocenters. The molecule has 1 aromatic rings. The van der Waals surface area contributed by atoms with E-state index in [1.165, 1.54) is 0 Å². The summed E-state index contributed by atoms with van der Waals surface area (Å²) in [5.41, 5.74) is 0.820. The Balaban J connectivity index is 2.35. The van der Waals surface area contributed by atoms with Gasteiger partial charge in [-0.15, -0.1) is 0 Å². The molecule has 23 heavy (non-hydrogen) atoms. The lowest BCUT2D eigenvalue weighted by Gasteiger charge is -2.38. The molecule has 0 aromatic heterocycles. The van der Waals surface area contributed by atoms with Crippen molar-refractivity contribution >= 4 is 25.9 Å². The third-order valence-corrected chi connectivity index (χ3v) is 10.3. The van der Waals surface area contributed by atoms with Gasteiger partial charge in [0.2, 0.25) is 5.91 Å². The van der Waals surface area contributed by atoms with E-state index < -0.39 is 8.24 Å². The highest BCUT2D eigenvalue weighted by molar-refractivity contribution is 6.82. The first-order valence-corrected chi connectivity index (χ1v) is 11.4. The van der Waals surface area contributed by atoms with Crippen LogP contribution in [0, 0.1) is 0 Å². The molecule has 1 fully saturated rings. The molecule has 0 aliphatic carbocycles. The molecule has 1 saturated heterocycles. The molecule has 0 bridgehead atoms. The second kappa shape index (κ2) is 7.77. The summed E-state index contributed by atoms with van der Waals surface area (Å²) in [6.45, 7) is 6.67. The van der Waals surface area contributed by atoms with Crippen LogP contribution in [0.5, 0.6) is 0 Å². The van der Waals surface area contributed by atoms with Crippen LogP contribution in [0.25, 0.3) is 0 Å². The number of carbonyl (C=O) groups excluding carboxylic acids is 2. The van der Waals surface area contributed by atoms with E-state index >= 15 is 0 Å². The summed E-state index contributed by atoms with van der Waals surface area (Å²) in [4.78, 5) is 27.4. The standard InChI is InChI=1S/C18H28N2O2Si/c1-4-12-23(13-5-2,14-6-3)20-17(21)15-19(18(20)22)16-10-8-7-9-11-16/h7-11H,4-6,12-15H2,1-3H3. The number of hydrogen-bond acceptors (Lipinski definition) is 2. The maximum atomic E-state index is 13.1. The Labute approximate surface area is 140 Å². The zero-order valence-corrected chi connectivity index (χ0v) is 15.5. The van der Waals surface area contributed by atoms with E-state index in [1.54, 1.807) is 9.47 Å². The number of anilines is 1. The van der Waals surface area contributed by atoms with Gasteiger partial charge < -0.3 is 0 Å². The molecular weight excluding hydrogens is 304 g/mol. The minimum absolute atomic E-state index is 0.000805. The van der Waals surface area contributed by atoms with E-state index in [0.29, 0.717) is 0 Å². The van der Waals surface area contributed by atoms with Crippen molar-refractivity contribution < 1.29 is 9.59 Å². The van der Waals surface area contributed by atoms with Crippen LogP contribution in [0.15, 0.2) is 30.3 Å². The van der Waals surface area contributed by atoms with Gasteiger partial charge in [-0.25, -0.2) is 4.79 Å². The van der Waals surface area contributed by atoms with Crippen molar-refractivity contribution in [3.05, 3.63) is 30.3 Å². The molecule has 0 N–H and O–H groups in total. The smallest absolute Gasteiger partial charge is 0.292 e. The first kappa shape index (κ1) is 17.7. The fourth-order valence-corrected chi connectivity index (χ4v) is 9.22. The summed E-state index contributed by atoms with van der Waals surface area (Å²) in [6, 6.07) is 12.5. The maximum Gasteiger partial charge on any atom is 0.323 e. The first-order chi connectivity index (χ1) is 11.1. The monoisotopic (exact) mass is 332 g/mol. The van der Waals surface area contributed by atoms with Gasteiger partial charge in [-0.3, -0.25) is 14.3 Å². The Morgan fingerprint density at radius 3 is 1.91 bits per heavy atom. The van der Waals surface area contributed by atoms with Crippen LogP contribution in [0.2, 0.25) is 18.1 Å². The normalized spacial score (nSPS) is 15.6. The van der Waals surface area contributed by atoms with Crippen molar-refractivity contribution in [2.45, 2.75) is 58.2 Å². The lowest BCUT2D eigenvalue weighted by molar-refractivity contribution is -0.122. The summed E-state index contributed by atoms with van der Waals surface area (Å²) < 4.78 is 1.72. The van der Waals surface area contributed by atoms with E-state index in [-0.39, 0.29) is 18.5 Å². The number of para-hydroxylation sites is 1. The zero-order valence-electron chi connectivity index (χ0n) is 14.5. The second-order valence-electron chi connectivity index (χ2n) is 6.41. The molecule has 0 radical (unpaired) electrons. The minimum Gasteiger partial charge on any atom is -0.292 e. The Hall–Kier alpha value is -1.62. The molecular formula is C18H28N2O2Si. The topological polar surface area (TPSA) is 40.6 Å². The average Bonchev–Trinajstić information content (AvgIpc) is 2.84. The molecule has 1 heterocycles. The number of rotatable bonds is 8. The van der Waals surface area contributed by atoms with Gasteiger partial charge in [0.1, 0.15) is 6.54 Å². The van der Waals surface area contributed by atoms with Crippen molar-refractivity contribution in [1.82, 2.24) is 4.57 Å². The van der Waals surface area contributed by atoms with E-state index in [0.717, 1.165) is 43.1 Å². The maximum absolute atomic E-state index is 13.1. The van der Waals surface area contributed by atoms with E-state index in [1.807, 2.05) is 30.3 Å². The van der Waals surface area contributed by atoms with Gasteiger partial charge in [-0.2, -0.15) is 0 Å². The zero-order chi connectivity index (χ0) is 16.9. The summed E-state index contributed by atoms with van der Waals surface area (Å²) in [5.74, 6) is 0.000805. The molecule has 1 aliphatic heterocycles. The highest BCUT2D eigenvalue weighted by Gasteiger charge is 2.49. The number of carbonyl (C=O) groups is 2. The largest absolute Gasteiger partial charge is 0.323 e. The molecule has 5 heteroatoms. The van der Waals surface area contributed by atoms with Gasteiger partial charge >= 0.3 is 6.03 Å². The molecule has 0 spiro atoms. The highest BCUT2D eigenvalue weighted by Crippen LogP contribution is 2.34. The Bertz CT molecular complexity index is 530. The summed E-state index contributed by atoms with van der Waals surface area (Å²) in [5, 5.41) is 0. The predicted molar refractivity (Wildman–Crippen MR) is 97.1 cm³/mol. The lowest BCUT2D eigenvalue weighted by Crippen LogP contribution is -2.56. The third-order valence-electron chi connectivity index (χ3n) is 4.65. The van der Waals surface area contributed by atoms with Gasteiger partial charge in [0.25, 0.3) is 0 Å². The first-order valence-electron chi connectivity index (χ1n) is 8.79. The molecule has 3 amide bonds. The molecule has 4 nitrogen and oxygen atoms in total. The Morgan fingerprint density at radius 2 is 1.43 bits per heavy atom. The summed E-state index contributed by atoms with van der Waals surface area (Å²) in [7, 11) is -2.07. The lowest BCUT2D eigenvalue weighted by atomic mass is 10.3. The van der Waals surface area contributed by atoms with Crippen molar-refractivity contribution in [3.63, 3.8) is 0 Å². The van der Waals surface area contributed by atoms with Crippen LogP contribution in [-0.4, -0.2) is 31.3 Å². The quantitative estimate of drug-likeness (QED) is 0.514. The van der Waals surface area contributed by atoms with Gasteiger partial charge in [-0.1, -0.05) is 58.2 Å². The van der Waals surface area contributed by atoms with Crippen molar-refractivity contribution in [2.75, 3.05) is 11.4 Å². The molecule has 1 aromatic carbocycles. The SMILES string of the molecule is CCC[Si](CCC)(CCC)N1C(=O)CN(c2ccccc2)C1=O. The van der Waals surface area contributed by atoms with Gasteiger partial charge in [-0.05, 0) is 30.3 Å². The number of urea groups is 1. The van der Waals surface area contributed by atoms with Crippen molar-refractivity contribution in [3.8, 4) is 0 Å². The number of benzene rings is 1. The van der Waals surface area contributed by atoms with Gasteiger partial charge in [0, 0.05) is 5.69 Å². The number of nitrogens with zero attached hydrogens (tertiary/aromatic N) is 2. The van der Waals surface area contributed by atoms with Gasteiger partial charge in [0.05, 0.1) is 0 Å². The highest BCUT2D eigenvalue weighted by atomic mass is 28.3. The fraction of sp³-hybridized carbons (Fsp3) is 0.556. The van der Waals surface area contributed by atoms with Crippen LogP contribution in [0.3, 0.4) is 0 Å². The van der Waals surface area contributed by atoms with Crippen LogP contribution in [0.1, 0.15) is 40.0 Å². The molecule has 1 aliphatic rings. The molecule has 126 valence electrons. The van der Waals surface area contributed by atoms with Gasteiger partial charge in [0.15, 0.2) is 8.24 Å². The van der Waals surface area contributed by atoms with Crippen molar-refractivity contribution in [1.29, 1.82) is 0 Å². The predicted octanol–water partition coefficient (Wildman–Crippen LogP) is 4.63. The summed E-state index contributed by atoms with van der Waals surface area (Å²) in [6.07, 6.45) is 3.11. The van der Waals surface area contributed by atoms with E-state index in [4.69, 9.17) is 0 Å². The van der Waals surface area contributed by atoms with E-state index in [2.05, 4.69) is 20.8 Å². The molecule has 0 unspecified atom stereocenters. The molecule has 2 rings (SSSR count). The third kappa shape index (κ3) is 3.49. The van der Waals surface area contributed by atoms with Crippen LogP contribution in [-0.2, 0) is 4.79 Å². The fourth-order valence-electron chi connectivity index (χ4n) is 3.88.